The van der Waals surface area contributed by atoms with Crippen LogP contribution in [0.15, 0.2) is 5.16 Å². The van der Waals surface area contributed by atoms with Crippen LogP contribution in [0.3, 0.4) is 0 Å². The predicted octanol–water partition coefficient (Wildman–Crippen LogP) is 3.47. The maximum absolute atomic E-state index is 4.86. The minimum Gasteiger partial charge on any atom is -0.399 e. The first kappa shape index (κ1) is 11.5. The Hall–Kier alpha value is -0.530. The molecule has 0 saturated heterocycles. The third kappa shape index (κ3) is 2.73. The summed E-state index contributed by atoms with van der Waals surface area (Å²) in [7, 11) is 1.63. The fourth-order valence-electron chi connectivity index (χ4n) is 2.29. The lowest BCUT2D eigenvalue weighted by Crippen LogP contribution is -2.30. The molecule has 1 rings (SSSR count). The van der Waals surface area contributed by atoms with Gasteiger partial charge in [-0.2, -0.15) is 0 Å². The second kappa shape index (κ2) is 4.33. The quantitative estimate of drug-likeness (QED) is 0.590. The molecule has 0 N–H and O–H groups in total. The van der Waals surface area contributed by atoms with E-state index in [1.54, 1.807) is 7.11 Å². The third-order valence-electron chi connectivity index (χ3n) is 3.39. The summed E-state index contributed by atoms with van der Waals surface area (Å²) in [6.07, 6.45) is 3.62. The van der Waals surface area contributed by atoms with Crippen LogP contribution in [-0.4, -0.2) is 12.8 Å². The first-order valence-corrected chi connectivity index (χ1v) is 5.55. The van der Waals surface area contributed by atoms with E-state index in [0.717, 1.165) is 12.3 Å². The highest BCUT2D eigenvalue weighted by Crippen LogP contribution is 2.39. The zero-order chi connectivity index (χ0) is 10.8. The Kier molecular flexibility index (Phi) is 3.57. The zero-order valence-electron chi connectivity index (χ0n) is 10.1. The van der Waals surface area contributed by atoms with Crippen LogP contribution in [0.1, 0.15) is 47.0 Å². The van der Waals surface area contributed by atoms with Crippen LogP contribution >= 0.6 is 0 Å². The van der Waals surface area contributed by atoms with Gasteiger partial charge in [-0.15, -0.1) is 0 Å². The van der Waals surface area contributed by atoms with Gasteiger partial charge < -0.3 is 4.84 Å². The summed E-state index contributed by atoms with van der Waals surface area (Å²) in [5, 5.41) is 4.10. The van der Waals surface area contributed by atoms with E-state index in [-0.39, 0.29) is 0 Å². The van der Waals surface area contributed by atoms with Gasteiger partial charge >= 0.3 is 0 Å². The average Bonchev–Trinajstić information content (AvgIpc) is 2.07. The molecule has 0 aromatic carbocycles. The number of rotatable bonds is 1. The summed E-state index contributed by atoms with van der Waals surface area (Å²) in [6, 6.07) is 0. The van der Waals surface area contributed by atoms with Crippen LogP contribution in [0.5, 0.6) is 0 Å². The molecular formula is C12H23NO. The largest absolute Gasteiger partial charge is 0.399 e. The third-order valence-corrected chi connectivity index (χ3v) is 3.39. The molecule has 1 fully saturated rings. The molecule has 0 spiro atoms. The number of hydrogen-bond acceptors (Lipinski definition) is 2. The molecule has 1 aliphatic carbocycles. The monoisotopic (exact) mass is 197 g/mol. The van der Waals surface area contributed by atoms with E-state index in [1.807, 2.05) is 0 Å². The summed E-state index contributed by atoms with van der Waals surface area (Å²) >= 11 is 0. The lowest BCUT2D eigenvalue weighted by Gasteiger charge is -2.36. The molecule has 2 heteroatoms. The average molecular weight is 197 g/mol. The maximum atomic E-state index is 4.86. The van der Waals surface area contributed by atoms with Gasteiger partial charge in [0.15, 0.2) is 0 Å². The van der Waals surface area contributed by atoms with Crippen molar-refractivity contribution >= 4 is 5.71 Å². The van der Waals surface area contributed by atoms with Gasteiger partial charge in [-0.1, -0.05) is 32.9 Å². The first-order valence-electron chi connectivity index (χ1n) is 5.55. The Bertz CT molecular complexity index is 215. The summed E-state index contributed by atoms with van der Waals surface area (Å²) in [5.74, 6) is 1.42. The molecule has 1 aliphatic rings. The fourth-order valence-corrected chi connectivity index (χ4v) is 2.29. The summed E-state index contributed by atoms with van der Waals surface area (Å²) in [5.41, 5.74) is 1.68. The van der Waals surface area contributed by atoms with Crippen molar-refractivity contribution in [3.8, 4) is 0 Å². The molecule has 2 unspecified atom stereocenters. The van der Waals surface area contributed by atoms with Crippen LogP contribution in [-0.2, 0) is 4.84 Å². The predicted molar refractivity (Wildman–Crippen MR) is 60.4 cm³/mol. The lowest BCUT2D eigenvalue weighted by atomic mass is 9.69. The summed E-state index contributed by atoms with van der Waals surface area (Å²) in [4.78, 5) is 4.86. The van der Waals surface area contributed by atoms with E-state index in [0.29, 0.717) is 11.3 Å². The smallest absolute Gasteiger partial charge is 0.106 e. The van der Waals surface area contributed by atoms with E-state index in [9.17, 15) is 0 Å². The van der Waals surface area contributed by atoms with Gasteiger partial charge in [-0.25, -0.2) is 0 Å². The maximum Gasteiger partial charge on any atom is 0.106 e. The molecule has 82 valence electrons. The van der Waals surface area contributed by atoms with Gasteiger partial charge in [0.1, 0.15) is 7.11 Å². The molecule has 0 amide bonds. The van der Waals surface area contributed by atoms with Gasteiger partial charge in [-0.3, -0.25) is 0 Å². The Balaban J connectivity index is 2.60. The van der Waals surface area contributed by atoms with Gasteiger partial charge in [0.25, 0.3) is 0 Å². The van der Waals surface area contributed by atoms with E-state index in [4.69, 9.17) is 4.84 Å². The van der Waals surface area contributed by atoms with E-state index >= 15 is 0 Å². The molecule has 0 aromatic rings. The Morgan fingerprint density at radius 3 is 2.43 bits per heavy atom. The second-order valence-corrected chi connectivity index (χ2v) is 5.50. The highest BCUT2D eigenvalue weighted by atomic mass is 16.6. The number of nitrogens with zero attached hydrogens (tertiary/aromatic N) is 1. The van der Waals surface area contributed by atoms with Crippen molar-refractivity contribution in [3.63, 3.8) is 0 Å². The van der Waals surface area contributed by atoms with Crippen LogP contribution < -0.4 is 0 Å². The topological polar surface area (TPSA) is 21.6 Å². The molecule has 0 aromatic heterocycles. The van der Waals surface area contributed by atoms with Crippen LogP contribution in [0, 0.1) is 17.3 Å². The normalized spacial score (nSPS) is 31.9. The van der Waals surface area contributed by atoms with Gasteiger partial charge in [0, 0.05) is 0 Å². The molecule has 1 saturated carbocycles. The molecule has 0 heterocycles. The van der Waals surface area contributed by atoms with Crippen molar-refractivity contribution < 1.29 is 4.84 Å². The van der Waals surface area contributed by atoms with Crippen molar-refractivity contribution in [1.29, 1.82) is 0 Å². The highest BCUT2D eigenvalue weighted by molar-refractivity contribution is 5.86. The summed E-state index contributed by atoms with van der Waals surface area (Å²) < 4.78 is 0. The minimum atomic E-state index is 0.437. The SMILES string of the molecule is CO/N=C1\CCC(C(C)(C)C)CC1C. The molecule has 2 nitrogen and oxygen atoms in total. The van der Waals surface area contributed by atoms with Crippen molar-refractivity contribution in [2.24, 2.45) is 22.4 Å². The lowest BCUT2D eigenvalue weighted by molar-refractivity contribution is 0.177. The standard InChI is InChI=1S/C12H23NO/c1-9-8-10(12(2,3)4)6-7-11(9)13-14-5/h9-10H,6-8H2,1-5H3/b13-11+. The molecule has 14 heavy (non-hydrogen) atoms. The van der Waals surface area contributed by atoms with E-state index in [1.165, 1.54) is 18.6 Å². The van der Waals surface area contributed by atoms with Crippen LogP contribution in [0.2, 0.25) is 0 Å². The summed E-state index contributed by atoms with van der Waals surface area (Å²) in [6.45, 7) is 9.27. The molecular weight excluding hydrogens is 174 g/mol. The Morgan fingerprint density at radius 2 is 2.00 bits per heavy atom. The van der Waals surface area contributed by atoms with Gasteiger partial charge in [0.2, 0.25) is 0 Å². The van der Waals surface area contributed by atoms with E-state index in [2.05, 4.69) is 32.9 Å². The van der Waals surface area contributed by atoms with Crippen molar-refractivity contribution in [3.05, 3.63) is 0 Å². The molecule has 0 aliphatic heterocycles. The van der Waals surface area contributed by atoms with Crippen LogP contribution in [0.4, 0.5) is 0 Å². The second-order valence-electron chi connectivity index (χ2n) is 5.50. The molecule has 0 radical (unpaired) electrons. The fraction of sp³-hybridized carbons (Fsp3) is 0.917. The van der Waals surface area contributed by atoms with E-state index < -0.39 is 0 Å². The zero-order valence-corrected chi connectivity index (χ0v) is 10.1. The molecule has 2 atom stereocenters. The van der Waals surface area contributed by atoms with Gasteiger partial charge in [0.05, 0.1) is 5.71 Å². The minimum absolute atomic E-state index is 0.437. The van der Waals surface area contributed by atoms with Crippen molar-refractivity contribution in [2.75, 3.05) is 7.11 Å². The van der Waals surface area contributed by atoms with Crippen LogP contribution in [0.25, 0.3) is 0 Å². The number of hydrogen-bond donors (Lipinski definition) is 0. The Morgan fingerprint density at radius 1 is 1.36 bits per heavy atom. The molecule has 0 bridgehead atoms. The number of oxime groups is 1. The van der Waals surface area contributed by atoms with Crippen molar-refractivity contribution in [1.82, 2.24) is 0 Å². The van der Waals surface area contributed by atoms with Crippen molar-refractivity contribution in [2.45, 2.75) is 47.0 Å². The highest BCUT2D eigenvalue weighted by Gasteiger charge is 2.31. The van der Waals surface area contributed by atoms with Gasteiger partial charge in [-0.05, 0) is 36.5 Å². The first-order chi connectivity index (χ1) is 6.45. The Labute approximate surface area is 87.7 Å².